The van der Waals surface area contributed by atoms with Crippen LogP contribution in [0, 0.1) is 5.82 Å². The van der Waals surface area contributed by atoms with Gasteiger partial charge in [-0.1, -0.05) is 11.6 Å². The summed E-state index contributed by atoms with van der Waals surface area (Å²) < 4.78 is 43.6. The molecule has 11 heteroatoms. The number of nitrogens with one attached hydrogen (secondary N) is 1. The standard InChI is InChI=1S/C18H19ClFN3O5S/c1-23(29(26,27)14-8-6-13(20)7-9-14)11-3-5-17(25)28-12-16(24)22-15-4-2-10-21-18(15)19/h2,4,6-10H,3,5,11-12H2,1H3,(H,22,24). The lowest BCUT2D eigenvalue weighted by atomic mass is 10.3. The molecule has 0 radical (unpaired) electrons. The molecule has 29 heavy (non-hydrogen) atoms. The first-order chi connectivity index (χ1) is 13.7. The highest BCUT2D eigenvalue weighted by Gasteiger charge is 2.20. The zero-order valence-electron chi connectivity index (χ0n) is 15.5. The van der Waals surface area contributed by atoms with Gasteiger partial charge in [-0.3, -0.25) is 9.59 Å². The van der Waals surface area contributed by atoms with Crippen LogP contribution >= 0.6 is 11.6 Å². The molecule has 1 N–H and O–H groups in total. The Morgan fingerprint density at radius 3 is 2.59 bits per heavy atom. The average Bonchev–Trinajstić information content (AvgIpc) is 2.68. The highest BCUT2D eigenvalue weighted by molar-refractivity contribution is 7.89. The molecule has 0 aliphatic heterocycles. The molecule has 0 atom stereocenters. The van der Waals surface area contributed by atoms with E-state index in [4.69, 9.17) is 16.3 Å². The maximum Gasteiger partial charge on any atom is 0.306 e. The number of aromatic nitrogens is 1. The fourth-order valence-corrected chi connectivity index (χ4v) is 3.61. The number of ether oxygens (including phenoxy) is 1. The van der Waals surface area contributed by atoms with Gasteiger partial charge in [0.1, 0.15) is 5.82 Å². The van der Waals surface area contributed by atoms with Gasteiger partial charge in [0, 0.05) is 26.2 Å². The predicted molar refractivity (Wildman–Crippen MR) is 104 cm³/mol. The largest absolute Gasteiger partial charge is 0.456 e. The minimum Gasteiger partial charge on any atom is -0.456 e. The summed E-state index contributed by atoms with van der Waals surface area (Å²) in [5.41, 5.74) is 0.294. The monoisotopic (exact) mass is 443 g/mol. The summed E-state index contributed by atoms with van der Waals surface area (Å²) in [6.45, 7) is -0.458. The number of esters is 1. The second-order valence-electron chi connectivity index (χ2n) is 5.93. The molecule has 0 fully saturated rings. The highest BCUT2D eigenvalue weighted by Crippen LogP contribution is 2.17. The lowest BCUT2D eigenvalue weighted by Gasteiger charge is -2.17. The Hall–Kier alpha value is -2.56. The molecule has 0 bridgehead atoms. The summed E-state index contributed by atoms with van der Waals surface area (Å²) in [7, 11) is -2.43. The molecule has 0 saturated heterocycles. The van der Waals surface area contributed by atoms with Crippen molar-refractivity contribution in [2.45, 2.75) is 17.7 Å². The summed E-state index contributed by atoms with van der Waals surface area (Å²) in [6.07, 6.45) is 1.57. The van der Waals surface area contributed by atoms with Crippen molar-refractivity contribution in [2.75, 3.05) is 25.5 Å². The molecule has 156 valence electrons. The van der Waals surface area contributed by atoms with Crippen LogP contribution < -0.4 is 5.32 Å². The Kier molecular flexibility index (Phi) is 8.06. The van der Waals surface area contributed by atoms with Gasteiger partial charge in [-0.25, -0.2) is 22.1 Å². The minimum atomic E-state index is -3.79. The van der Waals surface area contributed by atoms with Crippen LogP contribution in [0.5, 0.6) is 0 Å². The third-order valence-electron chi connectivity index (χ3n) is 3.77. The summed E-state index contributed by atoms with van der Waals surface area (Å²) >= 11 is 5.81. The smallest absolute Gasteiger partial charge is 0.306 e. The molecule has 2 rings (SSSR count). The van der Waals surface area contributed by atoms with Gasteiger partial charge in [0.25, 0.3) is 5.91 Å². The second kappa shape index (κ2) is 10.3. The molecule has 0 saturated carbocycles. The van der Waals surface area contributed by atoms with Gasteiger partial charge in [0.05, 0.1) is 10.6 Å². The van der Waals surface area contributed by atoms with E-state index in [0.717, 1.165) is 16.4 Å². The van der Waals surface area contributed by atoms with E-state index in [1.165, 1.54) is 25.4 Å². The lowest BCUT2D eigenvalue weighted by Crippen LogP contribution is -2.28. The molecule has 8 nitrogen and oxygen atoms in total. The Bertz CT molecular complexity index is 970. The van der Waals surface area contributed by atoms with E-state index in [-0.39, 0.29) is 29.4 Å². The second-order valence-corrected chi connectivity index (χ2v) is 8.34. The number of anilines is 1. The van der Waals surface area contributed by atoms with E-state index in [1.54, 1.807) is 12.1 Å². The summed E-state index contributed by atoms with van der Waals surface area (Å²) in [6, 6.07) is 7.59. The number of carbonyl (C=O) groups is 2. The van der Waals surface area contributed by atoms with E-state index in [1.807, 2.05) is 0 Å². The van der Waals surface area contributed by atoms with Crippen molar-refractivity contribution in [3.05, 3.63) is 53.6 Å². The predicted octanol–water partition coefficient (Wildman–Crippen LogP) is 2.46. The fourth-order valence-electron chi connectivity index (χ4n) is 2.24. The van der Waals surface area contributed by atoms with Crippen LogP contribution in [0.4, 0.5) is 10.1 Å². The zero-order valence-corrected chi connectivity index (χ0v) is 17.0. The Morgan fingerprint density at radius 2 is 1.93 bits per heavy atom. The van der Waals surface area contributed by atoms with Crippen molar-refractivity contribution in [1.82, 2.24) is 9.29 Å². The van der Waals surface area contributed by atoms with Crippen LogP contribution in [0.3, 0.4) is 0 Å². The average molecular weight is 444 g/mol. The van der Waals surface area contributed by atoms with E-state index in [9.17, 15) is 22.4 Å². The van der Waals surface area contributed by atoms with Gasteiger partial charge in [-0.2, -0.15) is 0 Å². The van der Waals surface area contributed by atoms with Crippen LogP contribution in [0.1, 0.15) is 12.8 Å². The molecule has 1 amide bonds. The Balaban J connectivity index is 1.74. The van der Waals surface area contributed by atoms with Crippen molar-refractivity contribution in [3.8, 4) is 0 Å². The normalized spacial score (nSPS) is 11.3. The third kappa shape index (κ3) is 6.77. The van der Waals surface area contributed by atoms with Gasteiger partial charge >= 0.3 is 5.97 Å². The third-order valence-corrected chi connectivity index (χ3v) is 5.95. The van der Waals surface area contributed by atoms with Crippen LogP contribution in [-0.2, 0) is 24.3 Å². The first kappa shape index (κ1) is 22.7. The number of pyridine rings is 1. The van der Waals surface area contributed by atoms with Crippen molar-refractivity contribution >= 4 is 39.2 Å². The molecule has 1 heterocycles. The van der Waals surface area contributed by atoms with Gasteiger partial charge < -0.3 is 10.1 Å². The fraction of sp³-hybridized carbons (Fsp3) is 0.278. The first-order valence-corrected chi connectivity index (χ1v) is 10.3. The van der Waals surface area contributed by atoms with Crippen LogP contribution in [0.25, 0.3) is 0 Å². The number of sulfonamides is 1. The molecule has 0 aliphatic rings. The minimum absolute atomic E-state index is 0.0466. The number of nitrogens with zero attached hydrogens (tertiary/aromatic N) is 2. The van der Waals surface area contributed by atoms with Crippen molar-refractivity contribution in [2.24, 2.45) is 0 Å². The maximum absolute atomic E-state index is 12.9. The van der Waals surface area contributed by atoms with Gasteiger partial charge in [0.15, 0.2) is 11.8 Å². The van der Waals surface area contributed by atoms with E-state index >= 15 is 0 Å². The zero-order chi connectivity index (χ0) is 21.4. The van der Waals surface area contributed by atoms with Crippen LogP contribution in [-0.4, -0.2) is 49.8 Å². The maximum atomic E-state index is 12.9. The number of amides is 1. The van der Waals surface area contributed by atoms with E-state index in [2.05, 4.69) is 10.3 Å². The number of hydrogen-bond acceptors (Lipinski definition) is 6. The number of benzene rings is 1. The molecule has 2 aromatic rings. The molecule has 0 aliphatic carbocycles. The van der Waals surface area contributed by atoms with Gasteiger partial charge in [-0.05, 0) is 42.8 Å². The lowest BCUT2D eigenvalue weighted by molar-refractivity contribution is -0.147. The molecule has 1 aromatic heterocycles. The van der Waals surface area contributed by atoms with Crippen LogP contribution in [0.15, 0.2) is 47.5 Å². The molecule has 1 aromatic carbocycles. The topological polar surface area (TPSA) is 106 Å². The number of carbonyl (C=O) groups excluding carboxylic acids is 2. The number of rotatable bonds is 9. The molecular weight excluding hydrogens is 425 g/mol. The molecule has 0 spiro atoms. The van der Waals surface area contributed by atoms with Crippen molar-refractivity contribution < 1.29 is 27.1 Å². The van der Waals surface area contributed by atoms with E-state index < -0.39 is 34.3 Å². The van der Waals surface area contributed by atoms with E-state index in [0.29, 0.717) is 5.69 Å². The summed E-state index contributed by atoms with van der Waals surface area (Å²) in [5.74, 6) is -1.77. The highest BCUT2D eigenvalue weighted by atomic mass is 35.5. The Morgan fingerprint density at radius 1 is 1.24 bits per heavy atom. The Labute approximate surface area is 172 Å². The van der Waals surface area contributed by atoms with Crippen LogP contribution in [0.2, 0.25) is 5.15 Å². The van der Waals surface area contributed by atoms with Gasteiger partial charge in [-0.15, -0.1) is 0 Å². The number of hydrogen-bond donors (Lipinski definition) is 1. The SMILES string of the molecule is CN(CCCC(=O)OCC(=O)Nc1cccnc1Cl)S(=O)(=O)c1ccc(F)cc1. The molecule has 0 unspecified atom stereocenters. The van der Waals surface area contributed by atoms with Crippen molar-refractivity contribution in [1.29, 1.82) is 0 Å². The summed E-state index contributed by atoms with van der Waals surface area (Å²) in [5, 5.41) is 2.57. The molecular formula is C18H19ClFN3O5S. The van der Waals surface area contributed by atoms with Gasteiger partial charge in [0.2, 0.25) is 10.0 Å². The quantitative estimate of drug-likeness (QED) is 0.471. The number of halogens is 2. The van der Waals surface area contributed by atoms with Crippen molar-refractivity contribution in [3.63, 3.8) is 0 Å². The summed E-state index contributed by atoms with van der Waals surface area (Å²) in [4.78, 5) is 27.3. The first-order valence-electron chi connectivity index (χ1n) is 8.48.